The minimum absolute atomic E-state index is 0. The summed E-state index contributed by atoms with van der Waals surface area (Å²) in [5.74, 6) is -0.509. The van der Waals surface area contributed by atoms with Crippen LogP contribution in [0.2, 0.25) is 0 Å². The molecule has 1 amide bonds. The third-order valence-electron chi connectivity index (χ3n) is 5.46. The zero-order valence-corrected chi connectivity index (χ0v) is 19.8. The normalized spacial score (nSPS) is 16.0. The van der Waals surface area contributed by atoms with Gasteiger partial charge in [-0.1, -0.05) is 31.9 Å². The predicted octanol–water partition coefficient (Wildman–Crippen LogP) is 5.16. The molecular formula is C23H27Cl2F3N4O. The summed E-state index contributed by atoms with van der Waals surface area (Å²) < 4.78 is 39.2. The number of amides is 1. The van der Waals surface area contributed by atoms with Crippen LogP contribution >= 0.6 is 24.8 Å². The number of benzene rings is 1. The summed E-state index contributed by atoms with van der Waals surface area (Å²) in [5, 5.41) is 8.96. The Hall–Kier alpha value is -2.50. The molecular weight excluding hydrogens is 476 g/mol. The van der Waals surface area contributed by atoms with Crippen molar-refractivity contribution >= 4 is 36.4 Å². The van der Waals surface area contributed by atoms with Crippen LogP contribution < -0.4 is 4.90 Å². The van der Waals surface area contributed by atoms with Crippen molar-refractivity contribution in [1.82, 2.24) is 9.88 Å². The van der Waals surface area contributed by atoms with Crippen molar-refractivity contribution in [3.8, 4) is 6.07 Å². The Morgan fingerprint density at radius 1 is 1.18 bits per heavy atom. The standard InChI is InChI=1S/C23H25F3N4O.2ClH/c1-2-3-4-20-14-29(15-22(31)30(20)16-23(24,25)26)21-9-10-28-13-19(21)11-17-5-7-18(12-27)8-6-17;;/h5-10,13,20H,2-4,11,14-16H2,1H3;2*1H/t20-;;/m0../s1. The molecule has 0 unspecified atom stereocenters. The number of carbonyl (C=O) groups is 1. The minimum atomic E-state index is -4.42. The fourth-order valence-corrected chi connectivity index (χ4v) is 3.94. The van der Waals surface area contributed by atoms with E-state index in [1.54, 1.807) is 24.5 Å². The van der Waals surface area contributed by atoms with Crippen molar-refractivity contribution in [2.75, 3.05) is 24.5 Å². The Bertz CT molecular complexity index is 948. The largest absolute Gasteiger partial charge is 0.406 e. The van der Waals surface area contributed by atoms with Crippen LogP contribution in [0.1, 0.15) is 42.9 Å². The number of carbonyl (C=O) groups excluding carboxylic acids is 1. The third-order valence-corrected chi connectivity index (χ3v) is 5.46. The van der Waals surface area contributed by atoms with E-state index in [0.717, 1.165) is 34.6 Å². The molecule has 1 aliphatic heterocycles. The monoisotopic (exact) mass is 502 g/mol. The molecule has 1 aliphatic rings. The lowest BCUT2D eigenvalue weighted by Gasteiger charge is -2.43. The second-order valence-electron chi connectivity index (χ2n) is 7.80. The van der Waals surface area contributed by atoms with Gasteiger partial charge in [0, 0.05) is 37.1 Å². The van der Waals surface area contributed by atoms with Gasteiger partial charge in [-0.15, -0.1) is 24.8 Å². The second-order valence-corrected chi connectivity index (χ2v) is 7.80. The molecule has 1 aromatic heterocycles. The first-order chi connectivity index (χ1) is 14.8. The van der Waals surface area contributed by atoms with Crippen molar-refractivity contribution < 1.29 is 18.0 Å². The Morgan fingerprint density at radius 3 is 2.48 bits per heavy atom. The van der Waals surface area contributed by atoms with Gasteiger partial charge in [0.05, 0.1) is 18.2 Å². The number of nitrogens with zero attached hydrogens (tertiary/aromatic N) is 4. The van der Waals surface area contributed by atoms with Crippen molar-refractivity contribution in [1.29, 1.82) is 5.26 Å². The molecule has 2 aromatic rings. The van der Waals surface area contributed by atoms with Crippen LogP contribution in [-0.4, -0.2) is 47.6 Å². The van der Waals surface area contributed by atoms with Crippen LogP contribution in [0, 0.1) is 11.3 Å². The first-order valence-corrected chi connectivity index (χ1v) is 10.3. The highest BCUT2D eigenvalue weighted by Crippen LogP contribution is 2.29. The highest BCUT2D eigenvalue weighted by molar-refractivity contribution is 5.85. The van der Waals surface area contributed by atoms with E-state index in [1.807, 2.05) is 30.0 Å². The molecule has 0 aliphatic carbocycles. The van der Waals surface area contributed by atoms with E-state index >= 15 is 0 Å². The van der Waals surface area contributed by atoms with Crippen LogP contribution in [0.4, 0.5) is 18.9 Å². The highest BCUT2D eigenvalue weighted by atomic mass is 35.5. The van der Waals surface area contributed by atoms with Gasteiger partial charge >= 0.3 is 6.18 Å². The van der Waals surface area contributed by atoms with Gasteiger partial charge in [-0.2, -0.15) is 18.4 Å². The van der Waals surface area contributed by atoms with Crippen molar-refractivity contribution in [3.05, 3.63) is 59.4 Å². The molecule has 0 bridgehead atoms. The number of anilines is 1. The SMILES string of the molecule is CCCC[C@H]1CN(c2ccncc2Cc2ccc(C#N)cc2)CC(=O)N1CC(F)(F)F.Cl.Cl. The summed E-state index contributed by atoms with van der Waals surface area (Å²) in [6, 6.07) is 10.6. The van der Waals surface area contributed by atoms with Gasteiger partial charge in [-0.05, 0) is 35.7 Å². The van der Waals surface area contributed by atoms with E-state index in [1.165, 1.54) is 0 Å². The molecule has 0 spiro atoms. The highest BCUT2D eigenvalue weighted by Gasteiger charge is 2.40. The van der Waals surface area contributed by atoms with Gasteiger partial charge < -0.3 is 9.80 Å². The second kappa shape index (κ2) is 12.7. The third kappa shape index (κ3) is 7.79. The average Bonchev–Trinajstić information content (AvgIpc) is 2.74. The maximum absolute atomic E-state index is 13.1. The van der Waals surface area contributed by atoms with Crippen molar-refractivity contribution in [2.45, 2.75) is 44.8 Å². The van der Waals surface area contributed by atoms with Crippen LogP contribution in [0.5, 0.6) is 0 Å². The van der Waals surface area contributed by atoms with Crippen molar-refractivity contribution in [3.63, 3.8) is 0 Å². The van der Waals surface area contributed by atoms with Gasteiger partial charge in [0.1, 0.15) is 6.54 Å². The number of hydrogen-bond donors (Lipinski definition) is 0. The summed E-state index contributed by atoms with van der Waals surface area (Å²) in [7, 11) is 0. The zero-order valence-electron chi connectivity index (χ0n) is 18.2. The topological polar surface area (TPSA) is 60.2 Å². The molecule has 10 heteroatoms. The summed E-state index contributed by atoms with van der Waals surface area (Å²) in [6.07, 6.45) is 1.63. The van der Waals surface area contributed by atoms with Gasteiger partial charge in [-0.25, -0.2) is 0 Å². The first kappa shape index (κ1) is 28.5. The van der Waals surface area contributed by atoms with Crippen LogP contribution in [0.25, 0.3) is 0 Å². The Kier molecular flexibility index (Phi) is 10.9. The van der Waals surface area contributed by atoms with Gasteiger partial charge in [0.15, 0.2) is 0 Å². The molecule has 0 saturated carbocycles. The lowest BCUT2D eigenvalue weighted by Crippen LogP contribution is -2.58. The number of aromatic nitrogens is 1. The Balaban J connectivity index is 0.00000272. The lowest BCUT2D eigenvalue weighted by atomic mass is 10.0. The number of alkyl halides is 3. The molecule has 2 heterocycles. The summed E-state index contributed by atoms with van der Waals surface area (Å²) in [4.78, 5) is 19.8. The number of halogens is 5. The zero-order chi connectivity index (χ0) is 22.4. The Labute approximate surface area is 204 Å². The minimum Gasteiger partial charge on any atom is -0.360 e. The van der Waals surface area contributed by atoms with Gasteiger partial charge in [-0.3, -0.25) is 9.78 Å². The smallest absolute Gasteiger partial charge is 0.360 e. The number of rotatable bonds is 7. The Morgan fingerprint density at radius 2 is 1.88 bits per heavy atom. The number of unbranched alkanes of at least 4 members (excludes halogenated alkanes) is 1. The molecule has 180 valence electrons. The van der Waals surface area contributed by atoms with Gasteiger partial charge in [0.2, 0.25) is 5.91 Å². The predicted molar refractivity (Wildman–Crippen MR) is 126 cm³/mol. The molecule has 0 N–H and O–H groups in total. The molecule has 3 rings (SSSR count). The summed E-state index contributed by atoms with van der Waals surface area (Å²) >= 11 is 0. The van der Waals surface area contributed by atoms with E-state index in [9.17, 15) is 18.0 Å². The van der Waals surface area contributed by atoms with E-state index in [2.05, 4.69) is 11.1 Å². The van der Waals surface area contributed by atoms with E-state index in [4.69, 9.17) is 5.26 Å². The van der Waals surface area contributed by atoms with Gasteiger partial charge in [0.25, 0.3) is 0 Å². The quantitative estimate of drug-likeness (QED) is 0.524. The molecule has 1 atom stereocenters. The fraction of sp³-hybridized carbons (Fsp3) is 0.435. The molecule has 1 fully saturated rings. The molecule has 0 radical (unpaired) electrons. The maximum atomic E-state index is 13.1. The number of piperazine rings is 1. The van der Waals surface area contributed by atoms with E-state index in [-0.39, 0.29) is 31.4 Å². The summed E-state index contributed by atoms with van der Waals surface area (Å²) in [5.41, 5.74) is 3.25. The molecule has 1 aromatic carbocycles. The fourth-order valence-electron chi connectivity index (χ4n) is 3.94. The average molecular weight is 503 g/mol. The number of nitriles is 1. The van der Waals surface area contributed by atoms with E-state index in [0.29, 0.717) is 24.9 Å². The number of hydrogen-bond acceptors (Lipinski definition) is 4. The molecule has 5 nitrogen and oxygen atoms in total. The first-order valence-electron chi connectivity index (χ1n) is 10.3. The number of pyridine rings is 1. The molecule has 33 heavy (non-hydrogen) atoms. The summed E-state index contributed by atoms with van der Waals surface area (Å²) in [6.45, 7) is 1.03. The lowest BCUT2D eigenvalue weighted by molar-refractivity contribution is -0.166. The van der Waals surface area contributed by atoms with E-state index < -0.39 is 24.7 Å². The van der Waals surface area contributed by atoms with Crippen LogP contribution in [0.3, 0.4) is 0 Å². The maximum Gasteiger partial charge on any atom is 0.406 e. The molecule has 1 saturated heterocycles. The van der Waals surface area contributed by atoms with Crippen LogP contribution in [0.15, 0.2) is 42.7 Å². The van der Waals surface area contributed by atoms with Crippen molar-refractivity contribution in [2.24, 2.45) is 0 Å². The van der Waals surface area contributed by atoms with Crippen LogP contribution in [-0.2, 0) is 11.2 Å².